The topological polar surface area (TPSA) is 185 Å². The quantitative estimate of drug-likeness (QED) is 0.156. The van der Waals surface area contributed by atoms with Crippen molar-refractivity contribution in [3.63, 3.8) is 0 Å². The van der Waals surface area contributed by atoms with E-state index in [4.69, 9.17) is 15.6 Å². The van der Waals surface area contributed by atoms with Crippen molar-refractivity contribution in [3.8, 4) is 5.75 Å². The van der Waals surface area contributed by atoms with Crippen LogP contribution in [0.15, 0.2) is 30.3 Å². The average molecular weight is 562 g/mol. The van der Waals surface area contributed by atoms with E-state index in [2.05, 4.69) is 10.6 Å². The number of carboxylic acids is 1. The first-order chi connectivity index (χ1) is 18.8. The molecule has 0 bridgehead atoms. The zero-order valence-electron chi connectivity index (χ0n) is 23.7. The molecule has 1 unspecified atom stereocenters. The number of Topliss-reactive ketones (excluding diaryl/α,β-unsaturated/α-hetero) is 2. The predicted octanol–water partition coefficient (Wildman–Crippen LogP) is 1.46. The van der Waals surface area contributed by atoms with Crippen LogP contribution in [0.1, 0.15) is 59.8 Å². The fraction of sp³-hybridized carbons (Fsp3) is 0.621. The number of amides is 2. The molecule has 1 aliphatic rings. The summed E-state index contributed by atoms with van der Waals surface area (Å²) < 4.78 is 5.45. The van der Waals surface area contributed by atoms with Crippen LogP contribution in [0.4, 0.5) is 0 Å². The molecule has 1 saturated carbocycles. The molecule has 11 heteroatoms. The second kappa shape index (κ2) is 14.9. The van der Waals surface area contributed by atoms with Gasteiger partial charge in [-0.05, 0) is 43.2 Å². The molecule has 6 N–H and O–H groups in total. The third kappa shape index (κ3) is 8.11. The van der Waals surface area contributed by atoms with Crippen molar-refractivity contribution in [1.82, 2.24) is 10.6 Å². The summed E-state index contributed by atoms with van der Waals surface area (Å²) in [5.74, 6) is -5.20. The van der Waals surface area contributed by atoms with Crippen LogP contribution in [0.3, 0.4) is 0 Å². The summed E-state index contributed by atoms with van der Waals surface area (Å²) in [6.45, 7) is 6.71. The number of carbonyl (C=O) groups excluding carboxylic acids is 4. The Morgan fingerprint density at radius 3 is 2.33 bits per heavy atom. The maximum atomic E-state index is 14.1. The summed E-state index contributed by atoms with van der Waals surface area (Å²) in [7, 11) is 0. The fourth-order valence-electron chi connectivity index (χ4n) is 5.43. The molecule has 1 aromatic carbocycles. The normalized spacial score (nSPS) is 22.6. The minimum absolute atomic E-state index is 0.0743. The van der Waals surface area contributed by atoms with Crippen molar-refractivity contribution in [2.24, 2.45) is 28.9 Å². The van der Waals surface area contributed by atoms with E-state index in [0.29, 0.717) is 25.0 Å². The van der Waals surface area contributed by atoms with Crippen molar-refractivity contribution in [3.05, 3.63) is 30.3 Å². The van der Waals surface area contributed by atoms with Gasteiger partial charge in [-0.3, -0.25) is 24.0 Å². The molecule has 0 aromatic heterocycles. The highest BCUT2D eigenvalue weighted by Crippen LogP contribution is 2.46. The largest absolute Gasteiger partial charge is 0.484 e. The fourth-order valence-corrected chi connectivity index (χ4v) is 5.43. The summed E-state index contributed by atoms with van der Waals surface area (Å²) >= 11 is 0. The van der Waals surface area contributed by atoms with Gasteiger partial charge in [0.1, 0.15) is 16.9 Å². The lowest BCUT2D eigenvalue weighted by Crippen LogP contribution is -2.69. The van der Waals surface area contributed by atoms with Gasteiger partial charge in [0, 0.05) is 25.4 Å². The first kappa shape index (κ1) is 32.9. The number of unbranched alkanes of at least 4 members (excludes halogenated alkanes) is 1. The minimum Gasteiger partial charge on any atom is -0.484 e. The predicted molar refractivity (Wildman–Crippen MR) is 147 cm³/mol. The zero-order valence-corrected chi connectivity index (χ0v) is 23.7. The van der Waals surface area contributed by atoms with Gasteiger partial charge in [-0.15, -0.1) is 0 Å². The van der Waals surface area contributed by atoms with Crippen LogP contribution in [0.5, 0.6) is 5.75 Å². The van der Waals surface area contributed by atoms with Gasteiger partial charge >= 0.3 is 5.97 Å². The number of carbonyl (C=O) groups is 5. The molecule has 2 rings (SSSR count). The van der Waals surface area contributed by atoms with Crippen LogP contribution in [-0.4, -0.2) is 70.9 Å². The van der Waals surface area contributed by atoms with Crippen LogP contribution in [0.2, 0.25) is 0 Å². The van der Waals surface area contributed by atoms with E-state index in [1.807, 2.05) is 13.8 Å². The minimum atomic E-state index is -2.01. The van der Waals surface area contributed by atoms with Crippen LogP contribution in [0.25, 0.3) is 0 Å². The Morgan fingerprint density at radius 1 is 1.10 bits per heavy atom. The number of benzene rings is 1. The number of ether oxygens (including phenoxy) is 1. The van der Waals surface area contributed by atoms with E-state index in [9.17, 15) is 29.1 Å². The Morgan fingerprint density at radius 2 is 1.75 bits per heavy atom. The molecule has 5 atom stereocenters. The Labute approximate surface area is 235 Å². The first-order valence-electron chi connectivity index (χ1n) is 13.8. The van der Waals surface area contributed by atoms with Crippen molar-refractivity contribution >= 4 is 29.4 Å². The molecule has 11 nitrogen and oxygen atoms in total. The Balaban J connectivity index is 2.36. The van der Waals surface area contributed by atoms with E-state index < -0.39 is 77.8 Å². The average Bonchev–Trinajstić information content (AvgIpc) is 2.88. The number of rotatable bonds is 15. The monoisotopic (exact) mass is 561 g/mol. The Bertz CT molecular complexity index is 1040. The molecule has 0 aliphatic heterocycles. The smallest absolute Gasteiger partial charge is 0.303 e. The molecule has 40 heavy (non-hydrogen) atoms. The Hall–Kier alpha value is -3.31. The Kier molecular flexibility index (Phi) is 12.3. The lowest BCUT2D eigenvalue weighted by molar-refractivity contribution is -0.168. The van der Waals surface area contributed by atoms with Crippen molar-refractivity contribution in [2.75, 3.05) is 13.2 Å². The molecule has 222 valence electrons. The van der Waals surface area contributed by atoms with E-state index in [-0.39, 0.29) is 18.9 Å². The van der Waals surface area contributed by atoms with Gasteiger partial charge < -0.3 is 31.3 Å². The second-order valence-corrected chi connectivity index (χ2v) is 11.1. The lowest BCUT2D eigenvalue weighted by Gasteiger charge is -2.48. The molecular formula is C29H43N3O8. The third-order valence-corrected chi connectivity index (χ3v) is 7.33. The molecule has 1 fully saturated rings. The molecule has 2 amide bonds. The number of hydrogen-bond donors (Lipinski definition) is 5. The van der Waals surface area contributed by atoms with Crippen molar-refractivity contribution in [2.45, 2.75) is 78.0 Å². The van der Waals surface area contributed by atoms with E-state index in [0.717, 1.165) is 0 Å². The second-order valence-electron chi connectivity index (χ2n) is 11.1. The highest BCUT2D eigenvalue weighted by Gasteiger charge is 2.64. The van der Waals surface area contributed by atoms with E-state index in [1.54, 1.807) is 44.2 Å². The standard InChI is InChI=1S/C29H43N3O8/c1-17(2)14-20(30)26(37)25-22(33)15-21(32-23(34)16-40-19-10-6-5-7-11-19)27(38)29(25,18(3)4)28(39)31-13-9-8-12-24(35)36/h5-7,10-11,17-18,20-21,25-26,37H,8-9,12-16,30H2,1-4H3,(H,31,39)(H,32,34)(H,35,36)/t20-,21-,25?,26+,29-/m0/s1. The number of nitrogens with two attached hydrogens (primary N) is 1. The van der Waals surface area contributed by atoms with Gasteiger partial charge in [0.25, 0.3) is 5.91 Å². The van der Waals surface area contributed by atoms with Crippen LogP contribution in [-0.2, 0) is 24.0 Å². The summed E-state index contributed by atoms with van der Waals surface area (Å²) in [6, 6.07) is 6.43. The number of ketones is 2. The third-order valence-electron chi connectivity index (χ3n) is 7.33. The number of nitrogens with one attached hydrogen (secondary N) is 2. The first-order valence-corrected chi connectivity index (χ1v) is 13.8. The van der Waals surface area contributed by atoms with Gasteiger partial charge in [0.2, 0.25) is 5.91 Å². The van der Waals surface area contributed by atoms with E-state index in [1.165, 1.54) is 0 Å². The highest BCUT2D eigenvalue weighted by atomic mass is 16.5. The molecule has 1 aliphatic carbocycles. The number of para-hydroxylation sites is 1. The highest BCUT2D eigenvalue weighted by molar-refractivity contribution is 6.16. The van der Waals surface area contributed by atoms with E-state index >= 15 is 0 Å². The van der Waals surface area contributed by atoms with Crippen LogP contribution < -0.4 is 21.1 Å². The molecular weight excluding hydrogens is 518 g/mol. The zero-order chi connectivity index (χ0) is 30.0. The van der Waals surface area contributed by atoms with Crippen LogP contribution >= 0.6 is 0 Å². The van der Waals surface area contributed by atoms with Gasteiger partial charge in [0.15, 0.2) is 12.4 Å². The summed E-state index contributed by atoms with van der Waals surface area (Å²) in [4.78, 5) is 65.1. The van der Waals surface area contributed by atoms with Gasteiger partial charge in [-0.25, -0.2) is 0 Å². The summed E-state index contributed by atoms with van der Waals surface area (Å²) in [5, 5.41) is 25.4. The SMILES string of the molecule is CC(C)C[C@H](N)[C@@H](O)C1C(=O)C[C@H](NC(=O)COc2ccccc2)C(=O)[C@]1(C(=O)NCCCCC(=O)O)C(C)C. The number of aliphatic carboxylic acids is 1. The number of hydrogen-bond acceptors (Lipinski definition) is 8. The number of aliphatic hydroxyl groups excluding tert-OH is 1. The summed E-state index contributed by atoms with van der Waals surface area (Å²) in [6.07, 6.45) is -0.939. The molecule has 0 spiro atoms. The maximum Gasteiger partial charge on any atom is 0.303 e. The van der Waals surface area contributed by atoms with Crippen LogP contribution in [0, 0.1) is 23.2 Å². The molecule has 0 saturated heterocycles. The lowest BCUT2D eigenvalue weighted by atomic mass is 9.55. The van der Waals surface area contributed by atoms with Gasteiger partial charge in [-0.1, -0.05) is 45.9 Å². The maximum absolute atomic E-state index is 14.1. The van der Waals surface area contributed by atoms with Gasteiger partial charge in [-0.2, -0.15) is 0 Å². The van der Waals surface area contributed by atoms with Crippen molar-refractivity contribution in [1.29, 1.82) is 0 Å². The summed E-state index contributed by atoms with van der Waals surface area (Å²) in [5.41, 5.74) is 4.26. The number of aliphatic hydroxyl groups is 1. The number of carboxylic acid groups (broad SMARTS) is 1. The molecule has 0 heterocycles. The van der Waals surface area contributed by atoms with Gasteiger partial charge in [0.05, 0.1) is 18.1 Å². The molecule has 1 aromatic rings. The molecule has 0 radical (unpaired) electrons. The van der Waals surface area contributed by atoms with Crippen molar-refractivity contribution < 1.29 is 38.9 Å².